The van der Waals surface area contributed by atoms with Gasteiger partial charge in [0, 0.05) is 15.4 Å². The van der Waals surface area contributed by atoms with E-state index < -0.39 is 0 Å². The van der Waals surface area contributed by atoms with E-state index in [0.29, 0.717) is 0 Å². The minimum atomic E-state index is 0.128. The zero-order chi connectivity index (χ0) is 8.91. The topological polar surface area (TPSA) is 17.8 Å². The molecule has 1 aromatic rings. The first-order chi connectivity index (χ1) is 5.11. The Morgan fingerprint density at radius 3 is 2.44 bits per heavy atom. The number of aromatic nitrogens is 2. The van der Waals surface area contributed by atoms with Crippen molar-refractivity contribution in [1.82, 2.24) is 9.78 Å². The fourth-order valence-electron chi connectivity index (χ4n) is 0.666. The minimum absolute atomic E-state index is 0.128. The monoisotopic (exact) mass is 130 g/mol. The molecule has 2 nitrogen and oxygen atoms in total. The smallest absolute Gasteiger partial charge is 0.0543 e. The highest BCUT2D eigenvalue weighted by atomic mass is 15.3. The quantitative estimate of drug-likeness (QED) is 0.524. The third kappa shape index (κ3) is 1.31. The highest BCUT2D eigenvalue weighted by Crippen LogP contribution is 2.09. The molecule has 0 fully saturated rings. The lowest BCUT2D eigenvalue weighted by Crippen LogP contribution is -2.21. The van der Waals surface area contributed by atoms with Crippen LogP contribution in [0.5, 0.6) is 0 Å². The second kappa shape index (κ2) is 1.87. The summed E-state index contributed by atoms with van der Waals surface area (Å²) in [5, 5.41) is 4.10. The molecule has 0 spiro atoms. The van der Waals surface area contributed by atoms with Crippen molar-refractivity contribution < 1.29 is 2.97 Å². The van der Waals surface area contributed by atoms with Crippen LogP contribution in [0.4, 0.5) is 0 Å². The van der Waals surface area contributed by atoms with Gasteiger partial charge in [-0.2, -0.15) is 5.10 Å². The first-order valence-electron chi connectivity index (χ1n) is 4.11. The number of hydrogen-bond acceptors (Lipinski definition) is 1. The summed E-state index contributed by atoms with van der Waals surface area (Å²) in [7, 11) is 0. The Morgan fingerprint density at radius 2 is 2.22 bits per heavy atom. The van der Waals surface area contributed by atoms with Crippen LogP contribution in [-0.2, 0) is 5.54 Å². The Kier molecular flexibility index (Phi) is 1.04. The predicted octanol–water partition coefficient (Wildman–Crippen LogP) is 1.88. The van der Waals surface area contributed by atoms with E-state index >= 15 is 0 Å². The molecule has 0 N–H and O–H groups in total. The van der Waals surface area contributed by atoms with Gasteiger partial charge in [0.25, 0.3) is 0 Å². The zero-order valence-corrected chi connectivity index (χ0v) is 6.13. The molecule has 52 valence electrons. The fraction of sp³-hybridized carbons (Fsp3) is 0.571. The molecule has 1 rings (SSSR count). The predicted molar refractivity (Wildman–Crippen MR) is 39.3 cm³/mol. The van der Waals surface area contributed by atoms with Crippen LogP contribution in [0.3, 0.4) is 0 Å². The summed E-state index contributed by atoms with van der Waals surface area (Å²) in [5.41, 5.74) is 0.128. The molecule has 0 aromatic carbocycles. The van der Waals surface area contributed by atoms with Gasteiger partial charge in [0.05, 0.1) is 5.54 Å². The highest BCUT2D eigenvalue weighted by Gasteiger charge is 2.10. The van der Waals surface area contributed by atoms with Gasteiger partial charge in [-0.25, -0.2) is 0 Å². The summed E-state index contributed by atoms with van der Waals surface area (Å²) in [4.78, 5) is 0. The summed E-state index contributed by atoms with van der Waals surface area (Å²) in [6.45, 7) is 6.38. The summed E-state index contributed by atoms with van der Waals surface area (Å²) >= 11 is 0. The van der Waals surface area contributed by atoms with Crippen LogP contribution < -0.4 is 0 Å². The third-order valence-electron chi connectivity index (χ3n) is 1.19. The molecule has 9 heavy (non-hydrogen) atoms. The molecule has 0 bridgehead atoms. The van der Waals surface area contributed by atoms with Crippen molar-refractivity contribution in [2.24, 2.45) is 0 Å². The number of nitrogens with zero attached hydrogens (tertiary/aromatic N) is 2. The maximum Gasteiger partial charge on any atom is 0.0543 e. The van der Waals surface area contributed by atoms with Gasteiger partial charge in [-0.15, -0.1) is 0 Å². The average molecular weight is 130 g/mol. The van der Waals surface area contributed by atoms with Crippen LogP contribution in [0.25, 0.3) is 0 Å². The highest BCUT2D eigenvalue weighted by molar-refractivity contribution is 4.83. The lowest BCUT2D eigenvalue weighted by atomic mass is 10.1. The minimum Gasteiger partial charge on any atom is -0.268 e. The van der Waals surface area contributed by atoms with Gasteiger partial charge in [-0.1, -0.05) is 0 Å². The lowest BCUT2D eigenvalue weighted by Gasteiger charge is -2.18. The fourth-order valence-corrected chi connectivity index (χ4v) is 0.666. The van der Waals surface area contributed by atoms with Crippen molar-refractivity contribution in [1.29, 1.82) is 0 Å². The molecule has 0 saturated carbocycles. The zero-order valence-electron chi connectivity index (χ0n) is 8.13. The second-order valence-electron chi connectivity index (χ2n) is 3.12. The lowest BCUT2D eigenvalue weighted by molar-refractivity contribution is 0.355. The van der Waals surface area contributed by atoms with Crippen molar-refractivity contribution in [2.75, 3.05) is 0 Å². The molecule has 0 atom stereocenters. The number of hydrogen-bond donors (Lipinski definition) is 0. The molecule has 0 amide bonds. The van der Waals surface area contributed by atoms with Crippen molar-refractivity contribution in [3.8, 4) is 0 Å². The summed E-state index contributed by atoms with van der Waals surface area (Å²) in [5.74, 6) is 0. The third-order valence-corrected chi connectivity index (χ3v) is 1.19. The van der Waals surface area contributed by atoms with Gasteiger partial charge in [-0.05, 0) is 26.8 Å². The summed E-state index contributed by atoms with van der Waals surface area (Å²) in [6.07, 6.45) is 3.77. The van der Waals surface area contributed by atoms with Gasteiger partial charge in [0.1, 0.15) is 0 Å². The van der Waals surface area contributed by atoms with Crippen molar-refractivity contribution in [3.63, 3.8) is 0 Å². The molecule has 0 radical (unpaired) electrons. The molecule has 1 aromatic heterocycles. The van der Waals surface area contributed by atoms with Gasteiger partial charge in [0.15, 0.2) is 0 Å². The van der Waals surface area contributed by atoms with E-state index in [1.807, 2.05) is 16.9 Å². The maximum absolute atomic E-state index is 5.00. The molecule has 0 unspecified atom stereocenters. The van der Waals surface area contributed by atoms with Crippen LogP contribution in [0.1, 0.15) is 23.7 Å². The summed E-state index contributed by atoms with van der Waals surface area (Å²) < 4.78 is 11.9. The van der Waals surface area contributed by atoms with Crippen LogP contribution in [0, 0.1) is 0 Å². The Labute approximate surface area is 58.6 Å². The largest absolute Gasteiger partial charge is 0.268 e. The average Bonchev–Trinajstić information content (AvgIpc) is 2.40. The molecule has 0 saturated heterocycles. The molecule has 1 heterocycles. The van der Waals surface area contributed by atoms with E-state index in [-0.39, 0.29) is 5.54 Å². The van der Waals surface area contributed by atoms with E-state index in [2.05, 4.69) is 25.9 Å². The molecule has 0 aliphatic carbocycles. The van der Waals surface area contributed by atoms with E-state index in [1.165, 1.54) is 0 Å². The van der Waals surface area contributed by atoms with E-state index in [4.69, 9.17) is 2.97 Å². The van der Waals surface area contributed by atoms with Crippen LogP contribution in [-0.4, -0.2) is 9.78 Å². The van der Waals surface area contributed by atoms with Gasteiger partial charge >= 0.3 is 0 Å². The Bertz CT molecular complexity index is 177. The van der Waals surface area contributed by atoms with E-state index in [0.717, 1.165) is 0 Å². The van der Waals surface area contributed by atoms with Crippen LogP contribution in [0.2, 0.25) is 0 Å². The first kappa shape index (κ1) is 5.03. The van der Waals surface area contributed by atoms with Gasteiger partial charge < -0.3 is 0 Å². The van der Waals surface area contributed by atoms with E-state index in [9.17, 15) is 0 Å². The Hall–Kier alpha value is -0.790. The van der Waals surface area contributed by atoms with Crippen molar-refractivity contribution >= 4 is 0 Å². The molecule has 2 heteroatoms. The maximum atomic E-state index is 5.00. The van der Waals surface area contributed by atoms with Gasteiger partial charge in [-0.3, -0.25) is 4.68 Å². The standard InChI is InChI=1S/C7H12N2.H2/c1-7(2,3)9-6-4-5-8-9;/h4-6H,1-3H3;1H/i;1+2T. The van der Waals surface area contributed by atoms with Gasteiger partial charge in [0.2, 0.25) is 0 Å². The molecule has 0 aliphatic rings. The SMILES string of the molecule is CC(C)(C)n1cccn1.[3H][3H]. The Morgan fingerprint density at radius 1 is 1.56 bits per heavy atom. The number of rotatable bonds is 0. The molecular weight excluding hydrogens is 112 g/mol. The molecule has 0 aliphatic heterocycles. The van der Waals surface area contributed by atoms with Crippen molar-refractivity contribution in [3.05, 3.63) is 18.5 Å². The van der Waals surface area contributed by atoms with Crippen LogP contribution >= 0.6 is 0 Å². The van der Waals surface area contributed by atoms with Crippen LogP contribution in [0.15, 0.2) is 18.5 Å². The Balaban J connectivity index is 0.000000461. The van der Waals surface area contributed by atoms with Crippen molar-refractivity contribution in [2.45, 2.75) is 26.3 Å². The normalized spacial score (nSPS) is 12.8. The summed E-state index contributed by atoms with van der Waals surface area (Å²) in [6, 6.07) is 1.94. The second-order valence-corrected chi connectivity index (χ2v) is 3.12. The van der Waals surface area contributed by atoms with E-state index in [1.54, 1.807) is 6.20 Å². The molecular formula is C7H14N2. The first-order valence-corrected chi connectivity index (χ1v) is 3.11.